The monoisotopic (exact) mass is 362 g/mol. The highest BCUT2D eigenvalue weighted by Gasteiger charge is 2.23. The van der Waals surface area contributed by atoms with Crippen LogP contribution < -0.4 is 10.2 Å². The number of anilines is 2. The molecule has 0 bridgehead atoms. The second kappa shape index (κ2) is 7.45. The number of carbonyl (C=O) groups is 1. The lowest BCUT2D eigenvalue weighted by Crippen LogP contribution is -2.36. The first-order valence-corrected chi connectivity index (χ1v) is 7.96. The van der Waals surface area contributed by atoms with E-state index in [4.69, 9.17) is 16.3 Å². The average molecular weight is 363 g/mol. The standard InChI is InChI=1S/C16H15ClN4O4/c17-12-2-4-15(18-10-12)19-16(22)11-1-3-13(14(9-11)21(23)24)20-5-7-25-8-6-20/h1-4,9-10H,5-8H2,(H,18,19,22). The van der Waals surface area contributed by atoms with Crippen molar-refractivity contribution in [1.29, 1.82) is 0 Å². The van der Waals surface area contributed by atoms with Crippen molar-refractivity contribution in [2.45, 2.75) is 0 Å². The highest BCUT2D eigenvalue weighted by molar-refractivity contribution is 6.30. The first kappa shape index (κ1) is 17.1. The zero-order chi connectivity index (χ0) is 17.8. The molecule has 1 saturated heterocycles. The van der Waals surface area contributed by atoms with Crippen LogP contribution in [0, 0.1) is 10.1 Å². The number of ether oxygens (including phenoxy) is 1. The molecule has 130 valence electrons. The topological polar surface area (TPSA) is 97.6 Å². The van der Waals surface area contributed by atoms with Crippen molar-refractivity contribution in [3.05, 3.63) is 57.2 Å². The molecule has 1 aliphatic heterocycles. The largest absolute Gasteiger partial charge is 0.378 e. The minimum absolute atomic E-state index is 0.112. The lowest BCUT2D eigenvalue weighted by molar-refractivity contribution is -0.384. The Bertz CT molecular complexity index is 791. The van der Waals surface area contributed by atoms with Gasteiger partial charge in [0, 0.05) is 30.9 Å². The highest BCUT2D eigenvalue weighted by atomic mass is 35.5. The fourth-order valence-corrected chi connectivity index (χ4v) is 2.63. The summed E-state index contributed by atoms with van der Waals surface area (Å²) in [7, 11) is 0. The number of morpholine rings is 1. The van der Waals surface area contributed by atoms with Gasteiger partial charge in [-0.3, -0.25) is 14.9 Å². The molecule has 2 heterocycles. The molecule has 1 fully saturated rings. The number of pyridine rings is 1. The molecule has 8 nitrogen and oxygen atoms in total. The molecule has 9 heteroatoms. The third-order valence-corrected chi connectivity index (χ3v) is 3.98. The fourth-order valence-electron chi connectivity index (χ4n) is 2.52. The van der Waals surface area contributed by atoms with E-state index >= 15 is 0 Å². The zero-order valence-corrected chi connectivity index (χ0v) is 13.9. The highest BCUT2D eigenvalue weighted by Crippen LogP contribution is 2.30. The smallest absolute Gasteiger partial charge is 0.293 e. The molecule has 0 aliphatic carbocycles. The summed E-state index contributed by atoms with van der Waals surface area (Å²) in [4.78, 5) is 29.1. The maximum Gasteiger partial charge on any atom is 0.293 e. The quantitative estimate of drug-likeness (QED) is 0.663. The molecular weight excluding hydrogens is 348 g/mol. The van der Waals surface area contributed by atoms with Crippen LogP contribution in [-0.4, -0.2) is 42.1 Å². The number of hydrogen-bond acceptors (Lipinski definition) is 6. The molecule has 1 aliphatic rings. The lowest BCUT2D eigenvalue weighted by atomic mass is 10.1. The van der Waals surface area contributed by atoms with Gasteiger partial charge < -0.3 is 15.0 Å². The molecule has 0 saturated carbocycles. The molecule has 0 atom stereocenters. The number of nitro benzene ring substituents is 1. The second-order valence-corrected chi connectivity index (χ2v) is 5.81. The summed E-state index contributed by atoms with van der Waals surface area (Å²) in [5.41, 5.74) is 0.550. The Labute approximate surface area is 148 Å². The number of aromatic nitrogens is 1. The van der Waals surface area contributed by atoms with Crippen LogP contribution in [0.1, 0.15) is 10.4 Å². The van der Waals surface area contributed by atoms with Crippen molar-refractivity contribution in [3.8, 4) is 0 Å². The third-order valence-electron chi connectivity index (χ3n) is 3.76. The van der Waals surface area contributed by atoms with Gasteiger partial charge >= 0.3 is 0 Å². The Kier molecular flexibility index (Phi) is 5.11. The molecule has 2 aromatic rings. The molecule has 1 amide bonds. The van der Waals surface area contributed by atoms with Crippen LogP contribution in [0.4, 0.5) is 17.2 Å². The van der Waals surface area contributed by atoms with Crippen molar-refractivity contribution in [1.82, 2.24) is 4.98 Å². The number of carbonyl (C=O) groups excluding carboxylic acids is 1. The van der Waals surface area contributed by atoms with Gasteiger partial charge in [-0.15, -0.1) is 0 Å². The number of hydrogen-bond donors (Lipinski definition) is 1. The average Bonchev–Trinajstić information content (AvgIpc) is 2.63. The van der Waals surface area contributed by atoms with Gasteiger partial charge in [-0.2, -0.15) is 0 Å². The van der Waals surface area contributed by atoms with E-state index in [0.717, 1.165) is 0 Å². The Balaban J connectivity index is 1.84. The Hall–Kier alpha value is -2.71. The van der Waals surface area contributed by atoms with Gasteiger partial charge in [0.1, 0.15) is 11.5 Å². The van der Waals surface area contributed by atoms with Crippen LogP contribution in [0.5, 0.6) is 0 Å². The summed E-state index contributed by atoms with van der Waals surface area (Å²) in [6.45, 7) is 2.17. The minimum Gasteiger partial charge on any atom is -0.378 e. The van der Waals surface area contributed by atoms with E-state index in [2.05, 4.69) is 10.3 Å². The number of nitro groups is 1. The van der Waals surface area contributed by atoms with Crippen molar-refractivity contribution >= 4 is 34.7 Å². The van der Waals surface area contributed by atoms with Crippen molar-refractivity contribution in [3.63, 3.8) is 0 Å². The van der Waals surface area contributed by atoms with Gasteiger partial charge in [0.15, 0.2) is 0 Å². The van der Waals surface area contributed by atoms with E-state index in [9.17, 15) is 14.9 Å². The Morgan fingerprint density at radius 3 is 2.68 bits per heavy atom. The van der Waals surface area contributed by atoms with Gasteiger partial charge in [0.25, 0.3) is 11.6 Å². The van der Waals surface area contributed by atoms with Crippen molar-refractivity contribution < 1.29 is 14.5 Å². The number of nitrogens with zero attached hydrogens (tertiary/aromatic N) is 3. The summed E-state index contributed by atoms with van der Waals surface area (Å²) in [6, 6.07) is 7.57. The molecule has 1 N–H and O–H groups in total. The summed E-state index contributed by atoms with van der Waals surface area (Å²) in [5, 5.41) is 14.5. The minimum atomic E-state index is -0.484. The zero-order valence-electron chi connectivity index (χ0n) is 13.1. The lowest BCUT2D eigenvalue weighted by Gasteiger charge is -2.28. The predicted molar refractivity (Wildman–Crippen MR) is 93.3 cm³/mol. The third kappa shape index (κ3) is 4.04. The van der Waals surface area contributed by atoms with Gasteiger partial charge in [0.2, 0.25) is 0 Å². The molecule has 1 aromatic carbocycles. The Morgan fingerprint density at radius 1 is 1.28 bits per heavy atom. The van der Waals surface area contributed by atoms with Crippen LogP contribution in [0.3, 0.4) is 0 Å². The van der Waals surface area contributed by atoms with Crippen molar-refractivity contribution in [2.75, 3.05) is 36.5 Å². The van der Waals surface area contributed by atoms with E-state index < -0.39 is 10.8 Å². The molecule has 1 aromatic heterocycles. The molecule has 0 radical (unpaired) electrons. The maximum absolute atomic E-state index is 12.3. The SMILES string of the molecule is O=C(Nc1ccc(Cl)cn1)c1ccc(N2CCOCC2)c([N+](=O)[O-])c1. The number of halogens is 1. The van der Waals surface area contributed by atoms with E-state index in [-0.39, 0.29) is 11.3 Å². The molecule has 3 rings (SSSR count). The maximum atomic E-state index is 12.3. The second-order valence-electron chi connectivity index (χ2n) is 5.38. The summed E-state index contributed by atoms with van der Waals surface area (Å²) >= 11 is 5.75. The van der Waals surface area contributed by atoms with E-state index in [1.54, 1.807) is 24.3 Å². The fraction of sp³-hybridized carbons (Fsp3) is 0.250. The molecule has 0 unspecified atom stereocenters. The molecular formula is C16H15ClN4O4. The predicted octanol–water partition coefficient (Wildman–Crippen LogP) is 2.73. The summed E-state index contributed by atoms with van der Waals surface area (Å²) < 4.78 is 5.27. The van der Waals surface area contributed by atoms with Crippen LogP contribution in [0.2, 0.25) is 5.02 Å². The van der Waals surface area contributed by atoms with Crippen LogP contribution in [0.15, 0.2) is 36.5 Å². The summed E-state index contributed by atoms with van der Waals surface area (Å²) in [5.74, 6) is -0.166. The van der Waals surface area contributed by atoms with E-state index in [1.807, 2.05) is 4.90 Å². The van der Waals surface area contributed by atoms with Gasteiger partial charge in [-0.05, 0) is 24.3 Å². The first-order valence-electron chi connectivity index (χ1n) is 7.58. The van der Waals surface area contributed by atoms with Crippen molar-refractivity contribution in [2.24, 2.45) is 0 Å². The number of rotatable bonds is 4. The molecule has 0 spiro atoms. The van der Waals surface area contributed by atoms with Crippen LogP contribution in [0.25, 0.3) is 0 Å². The van der Waals surface area contributed by atoms with E-state index in [1.165, 1.54) is 12.3 Å². The number of benzene rings is 1. The normalized spacial score (nSPS) is 14.2. The Morgan fingerprint density at radius 2 is 2.04 bits per heavy atom. The first-order chi connectivity index (χ1) is 12.0. The van der Waals surface area contributed by atoms with E-state index in [0.29, 0.717) is 42.8 Å². The number of amides is 1. The van der Waals surface area contributed by atoms with Gasteiger partial charge in [-0.25, -0.2) is 4.98 Å². The van der Waals surface area contributed by atoms with Crippen LogP contribution >= 0.6 is 11.6 Å². The van der Waals surface area contributed by atoms with Gasteiger partial charge in [0.05, 0.1) is 23.2 Å². The summed E-state index contributed by atoms with van der Waals surface area (Å²) in [6.07, 6.45) is 1.40. The molecule has 25 heavy (non-hydrogen) atoms. The van der Waals surface area contributed by atoms with Crippen LogP contribution in [-0.2, 0) is 4.74 Å². The number of nitrogens with one attached hydrogen (secondary N) is 1. The van der Waals surface area contributed by atoms with Gasteiger partial charge in [-0.1, -0.05) is 11.6 Å².